The molecular weight excluding hydrogens is 390 g/mol. The number of phenolic OH excluding ortho intramolecular Hbond substituents is 1. The van der Waals surface area contributed by atoms with Crippen LogP contribution in [0.25, 0.3) is 11.1 Å². The van der Waals surface area contributed by atoms with Gasteiger partial charge in [0.25, 0.3) is 0 Å². The summed E-state index contributed by atoms with van der Waals surface area (Å²) in [5, 5.41) is 32.2. The molecule has 1 heterocycles. The van der Waals surface area contributed by atoms with Crippen LogP contribution in [0, 0.1) is 17.0 Å². The Morgan fingerprint density at radius 1 is 1.30 bits per heavy atom. The van der Waals surface area contributed by atoms with Crippen molar-refractivity contribution in [1.82, 2.24) is 0 Å². The number of hydrogen-bond donors (Lipinski definition) is 2. The molecule has 2 N–H and O–H groups in total. The van der Waals surface area contributed by atoms with Crippen molar-refractivity contribution in [3.8, 4) is 22.6 Å². The third-order valence-corrected chi connectivity index (χ3v) is 4.88. The number of benzene rings is 2. The highest BCUT2D eigenvalue weighted by Gasteiger charge is 2.35. The molecule has 1 aliphatic rings. The monoisotopic (exact) mass is 415 g/mol. The van der Waals surface area contributed by atoms with Gasteiger partial charge in [-0.1, -0.05) is 6.07 Å². The fourth-order valence-electron chi connectivity index (χ4n) is 3.68. The van der Waals surface area contributed by atoms with E-state index in [1.165, 1.54) is 6.07 Å². The molecule has 0 radical (unpaired) electrons. The number of hydrogen-bond acceptors (Lipinski definition) is 6. The molecule has 0 aliphatic carbocycles. The SMILES string of the molecule is Cc1cc([N+](=O)[O-])c(O)c(-c2ccc3c(c2)CCCO3)c1C(OC(C)(C)C)C(=O)O. The Morgan fingerprint density at radius 2 is 2.00 bits per heavy atom. The normalized spacial score (nSPS) is 14.5. The number of nitrogens with zero attached hydrogens (tertiary/aromatic N) is 1. The van der Waals surface area contributed by atoms with E-state index in [1.807, 2.05) is 0 Å². The molecule has 1 unspecified atom stereocenters. The molecule has 8 heteroatoms. The molecule has 0 amide bonds. The van der Waals surface area contributed by atoms with E-state index in [4.69, 9.17) is 9.47 Å². The van der Waals surface area contributed by atoms with Crippen LogP contribution >= 0.6 is 0 Å². The van der Waals surface area contributed by atoms with E-state index in [0.29, 0.717) is 23.5 Å². The van der Waals surface area contributed by atoms with Crippen LogP contribution in [0.5, 0.6) is 11.5 Å². The number of nitro benzene ring substituents is 1. The van der Waals surface area contributed by atoms with Crippen molar-refractivity contribution in [3.63, 3.8) is 0 Å². The summed E-state index contributed by atoms with van der Waals surface area (Å²) in [6, 6.07) is 6.37. The Morgan fingerprint density at radius 3 is 2.60 bits per heavy atom. The van der Waals surface area contributed by atoms with E-state index in [-0.39, 0.29) is 11.1 Å². The molecule has 0 saturated carbocycles. The number of fused-ring (bicyclic) bond motifs is 1. The van der Waals surface area contributed by atoms with Gasteiger partial charge < -0.3 is 19.7 Å². The first-order valence-corrected chi connectivity index (χ1v) is 9.67. The van der Waals surface area contributed by atoms with E-state index in [2.05, 4.69) is 0 Å². The molecular formula is C22H25NO7. The number of aliphatic carboxylic acids is 1. The highest BCUT2D eigenvalue weighted by Crippen LogP contribution is 2.46. The molecule has 2 aromatic carbocycles. The zero-order chi connectivity index (χ0) is 22.2. The van der Waals surface area contributed by atoms with Gasteiger partial charge >= 0.3 is 11.7 Å². The fraction of sp³-hybridized carbons (Fsp3) is 0.409. The Balaban J connectivity index is 2.31. The van der Waals surface area contributed by atoms with Crippen LogP contribution in [0.4, 0.5) is 5.69 Å². The molecule has 3 rings (SSSR count). The molecule has 2 aromatic rings. The van der Waals surface area contributed by atoms with Gasteiger partial charge in [-0.2, -0.15) is 0 Å². The number of ether oxygens (including phenoxy) is 2. The second kappa shape index (κ2) is 7.95. The van der Waals surface area contributed by atoms with Crippen LogP contribution in [-0.2, 0) is 16.0 Å². The topological polar surface area (TPSA) is 119 Å². The lowest BCUT2D eigenvalue weighted by atomic mass is 9.88. The van der Waals surface area contributed by atoms with Crippen molar-refractivity contribution in [3.05, 3.63) is 51.1 Å². The number of carboxylic acid groups (broad SMARTS) is 1. The zero-order valence-electron chi connectivity index (χ0n) is 17.4. The van der Waals surface area contributed by atoms with Crippen LogP contribution in [0.15, 0.2) is 24.3 Å². The van der Waals surface area contributed by atoms with Crippen LogP contribution in [-0.4, -0.2) is 33.3 Å². The minimum Gasteiger partial charge on any atom is -0.502 e. The van der Waals surface area contributed by atoms with Gasteiger partial charge in [0, 0.05) is 17.2 Å². The second-order valence-corrected chi connectivity index (χ2v) is 8.33. The zero-order valence-corrected chi connectivity index (χ0v) is 17.4. The number of aromatic hydroxyl groups is 1. The lowest BCUT2D eigenvalue weighted by molar-refractivity contribution is -0.385. The Labute approximate surface area is 174 Å². The van der Waals surface area contributed by atoms with Crippen molar-refractivity contribution in [2.24, 2.45) is 0 Å². The molecule has 0 saturated heterocycles. The number of rotatable bonds is 5. The van der Waals surface area contributed by atoms with Gasteiger partial charge in [-0.3, -0.25) is 10.1 Å². The summed E-state index contributed by atoms with van der Waals surface area (Å²) >= 11 is 0. The van der Waals surface area contributed by atoms with Crippen molar-refractivity contribution in [1.29, 1.82) is 0 Å². The number of carboxylic acids is 1. The molecule has 30 heavy (non-hydrogen) atoms. The third-order valence-electron chi connectivity index (χ3n) is 4.88. The second-order valence-electron chi connectivity index (χ2n) is 8.33. The fourth-order valence-corrected chi connectivity index (χ4v) is 3.68. The maximum Gasteiger partial charge on any atom is 0.337 e. The van der Waals surface area contributed by atoms with Crippen LogP contribution in [0.3, 0.4) is 0 Å². The molecule has 1 aliphatic heterocycles. The van der Waals surface area contributed by atoms with Crippen LogP contribution < -0.4 is 4.74 Å². The van der Waals surface area contributed by atoms with Gasteiger partial charge in [-0.05, 0) is 69.4 Å². The summed E-state index contributed by atoms with van der Waals surface area (Å²) in [6.07, 6.45) is 0.168. The van der Waals surface area contributed by atoms with Gasteiger partial charge in [0.15, 0.2) is 6.10 Å². The largest absolute Gasteiger partial charge is 0.502 e. The lowest BCUT2D eigenvalue weighted by Gasteiger charge is -2.28. The van der Waals surface area contributed by atoms with Gasteiger partial charge in [0.05, 0.1) is 17.1 Å². The highest BCUT2D eigenvalue weighted by atomic mass is 16.6. The maximum atomic E-state index is 12.1. The number of carbonyl (C=O) groups is 1. The minimum atomic E-state index is -1.42. The van der Waals surface area contributed by atoms with E-state index in [0.717, 1.165) is 18.4 Å². The first-order chi connectivity index (χ1) is 14.0. The Bertz CT molecular complexity index is 1010. The number of phenols is 1. The number of aryl methyl sites for hydroxylation is 2. The average Bonchev–Trinajstić information content (AvgIpc) is 2.66. The van der Waals surface area contributed by atoms with Gasteiger partial charge in [0.1, 0.15) is 5.75 Å². The summed E-state index contributed by atoms with van der Waals surface area (Å²) in [5.74, 6) is -1.11. The summed E-state index contributed by atoms with van der Waals surface area (Å²) < 4.78 is 11.4. The van der Waals surface area contributed by atoms with E-state index >= 15 is 0 Å². The molecule has 160 valence electrons. The molecule has 0 bridgehead atoms. The van der Waals surface area contributed by atoms with Crippen molar-refractivity contribution in [2.45, 2.75) is 52.2 Å². The summed E-state index contributed by atoms with van der Waals surface area (Å²) in [4.78, 5) is 22.9. The maximum absolute atomic E-state index is 12.1. The smallest absolute Gasteiger partial charge is 0.337 e. The molecule has 0 fully saturated rings. The van der Waals surface area contributed by atoms with Crippen LogP contribution in [0.1, 0.15) is 50.0 Å². The quantitative estimate of drug-likeness (QED) is 0.543. The highest BCUT2D eigenvalue weighted by molar-refractivity contribution is 5.86. The van der Waals surface area contributed by atoms with Crippen molar-refractivity contribution in [2.75, 3.05) is 6.61 Å². The predicted molar refractivity (Wildman–Crippen MR) is 110 cm³/mol. The van der Waals surface area contributed by atoms with Gasteiger partial charge in [-0.15, -0.1) is 0 Å². The first-order valence-electron chi connectivity index (χ1n) is 9.67. The lowest BCUT2D eigenvalue weighted by Crippen LogP contribution is -2.28. The average molecular weight is 415 g/mol. The molecule has 8 nitrogen and oxygen atoms in total. The summed E-state index contributed by atoms with van der Waals surface area (Å²) in [7, 11) is 0. The Kier molecular flexibility index (Phi) is 5.72. The van der Waals surface area contributed by atoms with Gasteiger partial charge in [0.2, 0.25) is 5.75 Å². The molecule has 0 aromatic heterocycles. The van der Waals surface area contributed by atoms with E-state index < -0.39 is 34.0 Å². The number of nitro groups is 1. The van der Waals surface area contributed by atoms with Crippen molar-refractivity contribution < 1.29 is 29.4 Å². The van der Waals surface area contributed by atoms with Gasteiger partial charge in [-0.25, -0.2) is 4.79 Å². The van der Waals surface area contributed by atoms with Crippen molar-refractivity contribution >= 4 is 11.7 Å². The van der Waals surface area contributed by atoms with E-state index in [9.17, 15) is 25.1 Å². The minimum absolute atomic E-state index is 0.0896. The third kappa shape index (κ3) is 4.23. The molecule has 0 spiro atoms. The van der Waals surface area contributed by atoms with Crippen LogP contribution in [0.2, 0.25) is 0 Å². The standard InChI is InChI=1S/C22H25NO7/c1-12-10-15(23(27)28)19(24)18(17(12)20(21(25)26)30-22(2,3)4)14-7-8-16-13(11-14)6-5-9-29-16/h7-8,10-11,20,24H,5-6,9H2,1-4H3,(H,25,26). The first kappa shape index (κ1) is 21.6. The van der Waals surface area contributed by atoms with E-state index in [1.54, 1.807) is 45.9 Å². The predicted octanol–water partition coefficient (Wildman–Crippen LogP) is 4.54. The molecule has 1 atom stereocenters. The summed E-state index contributed by atoms with van der Waals surface area (Å²) in [5.41, 5.74) is 0.719. The Hall–Kier alpha value is -3.13. The summed E-state index contributed by atoms with van der Waals surface area (Å²) in [6.45, 7) is 7.35.